The van der Waals surface area contributed by atoms with Crippen LogP contribution in [-0.4, -0.2) is 49.0 Å². The Bertz CT molecular complexity index is 1140. The first-order valence-electron chi connectivity index (χ1n) is 9.71. The van der Waals surface area contributed by atoms with Crippen molar-refractivity contribution in [3.8, 4) is 11.5 Å². The molecule has 4 heterocycles. The van der Waals surface area contributed by atoms with Gasteiger partial charge in [0.25, 0.3) is 11.8 Å². The van der Waals surface area contributed by atoms with Crippen LogP contribution in [0.2, 0.25) is 0 Å². The lowest BCUT2D eigenvalue weighted by atomic mass is 9.94. The normalized spacial score (nSPS) is 17.0. The highest BCUT2D eigenvalue weighted by Crippen LogP contribution is 2.24. The molecule has 1 aliphatic heterocycles. The lowest BCUT2D eigenvalue weighted by Crippen LogP contribution is -2.40. The lowest BCUT2D eigenvalue weighted by Gasteiger charge is -2.32. The van der Waals surface area contributed by atoms with E-state index in [0.717, 1.165) is 36.0 Å². The second-order valence-corrected chi connectivity index (χ2v) is 7.35. The highest BCUT2D eigenvalue weighted by molar-refractivity contribution is 5.97. The first kappa shape index (κ1) is 17.5. The number of piperidine rings is 1. The molecular formula is C21H20N6O2. The predicted octanol–water partition coefficient (Wildman–Crippen LogP) is 3.10. The van der Waals surface area contributed by atoms with Crippen LogP contribution in [0.25, 0.3) is 22.5 Å². The molecule has 1 fully saturated rings. The number of aromatic amines is 1. The first-order valence-corrected chi connectivity index (χ1v) is 9.71. The van der Waals surface area contributed by atoms with Crippen LogP contribution in [-0.2, 0) is 6.42 Å². The molecular weight excluding hydrogens is 368 g/mol. The number of carbonyl (C=O) groups excluding carboxylic acids is 1. The molecule has 8 heteroatoms. The summed E-state index contributed by atoms with van der Waals surface area (Å²) in [4.78, 5) is 30.7. The average molecular weight is 388 g/mol. The van der Waals surface area contributed by atoms with Gasteiger partial charge in [-0.15, -0.1) is 0 Å². The predicted molar refractivity (Wildman–Crippen MR) is 106 cm³/mol. The number of amides is 1. The zero-order chi connectivity index (χ0) is 19.6. The molecule has 3 aromatic heterocycles. The van der Waals surface area contributed by atoms with Gasteiger partial charge in [0.05, 0.1) is 17.4 Å². The number of nitrogens with zero attached hydrogens (tertiary/aromatic N) is 5. The summed E-state index contributed by atoms with van der Waals surface area (Å²) in [6.45, 7) is 1.46. The number of hydrogen-bond donors (Lipinski definition) is 1. The minimum Gasteiger partial charge on any atom is -0.345 e. The summed E-state index contributed by atoms with van der Waals surface area (Å²) in [6.07, 6.45) is 7.74. The molecule has 1 amide bonds. The Morgan fingerprint density at radius 1 is 1.24 bits per heavy atom. The quantitative estimate of drug-likeness (QED) is 0.576. The molecule has 146 valence electrons. The van der Waals surface area contributed by atoms with Crippen LogP contribution in [0.15, 0.2) is 53.6 Å². The third kappa shape index (κ3) is 3.61. The van der Waals surface area contributed by atoms with Crippen molar-refractivity contribution < 1.29 is 9.32 Å². The SMILES string of the molecule is O=C(c1ccc2nc[nH]c2c1)N1CCCC(Cc2noc(-c3ccncc3)n2)C1. The van der Waals surface area contributed by atoms with Gasteiger partial charge in [-0.05, 0) is 49.1 Å². The van der Waals surface area contributed by atoms with E-state index in [1.807, 2.05) is 35.2 Å². The molecule has 1 aromatic carbocycles. The minimum atomic E-state index is 0.0526. The van der Waals surface area contributed by atoms with Crippen molar-refractivity contribution in [1.82, 2.24) is 30.0 Å². The van der Waals surface area contributed by atoms with Crippen molar-refractivity contribution >= 4 is 16.9 Å². The van der Waals surface area contributed by atoms with Gasteiger partial charge in [-0.2, -0.15) is 4.98 Å². The summed E-state index contributed by atoms with van der Waals surface area (Å²) < 4.78 is 5.39. The molecule has 4 aromatic rings. The highest BCUT2D eigenvalue weighted by atomic mass is 16.5. The van der Waals surface area contributed by atoms with Crippen LogP contribution in [0.5, 0.6) is 0 Å². The number of rotatable bonds is 4. The number of pyridine rings is 1. The summed E-state index contributed by atoms with van der Waals surface area (Å²) in [5, 5.41) is 4.12. The third-order valence-electron chi connectivity index (χ3n) is 5.34. The van der Waals surface area contributed by atoms with Crippen LogP contribution in [0.4, 0.5) is 0 Å². The highest BCUT2D eigenvalue weighted by Gasteiger charge is 2.26. The van der Waals surface area contributed by atoms with Crippen molar-refractivity contribution in [1.29, 1.82) is 0 Å². The van der Waals surface area contributed by atoms with Crippen molar-refractivity contribution in [3.05, 3.63) is 60.4 Å². The zero-order valence-corrected chi connectivity index (χ0v) is 15.8. The molecule has 0 aliphatic carbocycles. The number of imidazole rings is 1. The number of fused-ring (bicyclic) bond motifs is 1. The molecule has 8 nitrogen and oxygen atoms in total. The summed E-state index contributed by atoms with van der Waals surface area (Å²) in [5.41, 5.74) is 3.27. The molecule has 0 bridgehead atoms. The number of hydrogen-bond acceptors (Lipinski definition) is 6. The maximum absolute atomic E-state index is 13.0. The molecule has 0 radical (unpaired) electrons. The van der Waals surface area contributed by atoms with E-state index >= 15 is 0 Å². The fourth-order valence-electron chi connectivity index (χ4n) is 3.87. The molecule has 1 aliphatic rings. The Morgan fingerprint density at radius 3 is 3.03 bits per heavy atom. The van der Waals surface area contributed by atoms with E-state index in [4.69, 9.17) is 4.52 Å². The average Bonchev–Trinajstić information content (AvgIpc) is 3.43. The Hall–Kier alpha value is -3.55. The number of likely N-dealkylation sites (tertiary alicyclic amines) is 1. The van der Waals surface area contributed by atoms with Crippen molar-refractivity contribution in [3.63, 3.8) is 0 Å². The van der Waals surface area contributed by atoms with Gasteiger partial charge in [-0.1, -0.05) is 5.16 Å². The number of H-pyrrole nitrogens is 1. The number of carbonyl (C=O) groups is 1. The number of benzene rings is 1. The summed E-state index contributed by atoms with van der Waals surface area (Å²) in [5.74, 6) is 1.54. The van der Waals surface area contributed by atoms with E-state index in [2.05, 4.69) is 25.1 Å². The van der Waals surface area contributed by atoms with Gasteiger partial charge in [0.2, 0.25) is 0 Å². The molecule has 5 rings (SSSR count). The second-order valence-electron chi connectivity index (χ2n) is 7.35. The van der Waals surface area contributed by atoms with E-state index in [1.54, 1.807) is 18.7 Å². The van der Waals surface area contributed by atoms with Gasteiger partial charge in [0, 0.05) is 43.0 Å². The minimum absolute atomic E-state index is 0.0526. The van der Waals surface area contributed by atoms with Gasteiger partial charge in [0.15, 0.2) is 5.82 Å². The molecule has 1 saturated heterocycles. The van der Waals surface area contributed by atoms with Gasteiger partial charge < -0.3 is 14.4 Å². The molecule has 1 N–H and O–H groups in total. The van der Waals surface area contributed by atoms with Crippen LogP contribution in [0.3, 0.4) is 0 Å². The zero-order valence-electron chi connectivity index (χ0n) is 15.8. The molecule has 0 spiro atoms. The Balaban J connectivity index is 1.27. The fourth-order valence-corrected chi connectivity index (χ4v) is 3.87. The van der Waals surface area contributed by atoms with Crippen molar-refractivity contribution in [2.24, 2.45) is 5.92 Å². The maximum Gasteiger partial charge on any atom is 0.258 e. The van der Waals surface area contributed by atoms with E-state index in [-0.39, 0.29) is 5.91 Å². The van der Waals surface area contributed by atoms with Gasteiger partial charge >= 0.3 is 0 Å². The van der Waals surface area contributed by atoms with Crippen LogP contribution in [0.1, 0.15) is 29.0 Å². The Kier molecular flexibility index (Phi) is 4.51. The fraction of sp³-hybridized carbons (Fsp3) is 0.286. The monoisotopic (exact) mass is 388 g/mol. The van der Waals surface area contributed by atoms with Gasteiger partial charge in [0.1, 0.15) is 0 Å². The molecule has 1 atom stereocenters. The Labute approximate surface area is 167 Å². The van der Waals surface area contributed by atoms with E-state index in [9.17, 15) is 4.79 Å². The Morgan fingerprint density at radius 2 is 2.14 bits per heavy atom. The number of nitrogens with one attached hydrogen (secondary N) is 1. The topological polar surface area (TPSA) is 101 Å². The van der Waals surface area contributed by atoms with Crippen LogP contribution in [0, 0.1) is 5.92 Å². The summed E-state index contributed by atoms with van der Waals surface area (Å²) >= 11 is 0. The van der Waals surface area contributed by atoms with E-state index in [1.165, 1.54) is 0 Å². The van der Waals surface area contributed by atoms with Gasteiger partial charge in [-0.25, -0.2) is 4.98 Å². The smallest absolute Gasteiger partial charge is 0.258 e. The van der Waals surface area contributed by atoms with E-state index in [0.29, 0.717) is 36.2 Å². The van der Waals surface area contributed by atoms with Crippen LogP contribution < -0.4 is 0 Å². The lowest BCUT2D eigenvalue weighted by molar-refractivity contribution is 0.0672. The van der Waals surface area contributed by atoms with E-state index < -0.39 is 0 Å². The number of aromatic nitrogens is 5. The molecule has 1 unspecified atom stereocenters. The largest absolute Gasteiger partial charge is 0.345 e. The van der Waals surface area contributed by atoms with Crippen molar-refractivity contribution in [2.75, 3.05) is 13.1 Å². The van der Waals surface area contributed by atoms with Crippen LogP contribution >= 0.6 is 0 Å². The standard InChI is InChI=1S/C21H20N6O2/c28-21(16-3-4-17-18(11-16)24-13-23-17)27-9-1-2-14(12-27)10-19-25-20(29-26-19)15-5-7-22-8-6-15/h3-8,11,13-14H,1-2,9-10,12H2,(H,23,24). The summed E-state index contributed by atoms with van der Waals surface area (Å²) in [6, 6.07) is 9.27. The first-order chi connectivity index (χ1) is 14.3. The van der Waals surface area contributed by atoms with Gasteiger partial charge in [-0.3, -0.25) is 9.78 Å². The third-order valence-corrected chi connectivity index (χ3v) is 5.34. The molecule has 29 heavy (non-hydrogen) atoms. The maximum atomic E-state index is 13.0. The second kappa shape index (κ2) is 7.46. The molecule has 0 saturated carbocycles. The summed E-state index contributed by atoms with van der Waals surface area (Å²) in [7, 11) is 0. The van der Waals surface area contributed by atoms with Crippen molar-refractivity contribution in [2.45, 2.75) is 19.3 Å².